The number of rotatable bonds is 5. The van der Waals surface area contributed by atoms with E-state index in [0.717, 1.165) is 11.3 Å². The fraction of sp³-hybridized carbons (Fsp3) is 0.100. The van der Waals surface area contributed by atoms with Gasteiger partial charge in [-0.1, -0.05) is 36.4 Å². The van der Waals surface area contributed by atoms with Gasteiger partial charge in [-0.2, -0.15) is 4.98 Å². The summed E-state index contributed by atoms with van der Waals surface area (Å²) in [7, 11) is 0. The molecule has 27 heavy (non-hydrogen) atoms. The molecule has 0 fully saturated rings. The van der Waals surface area contributed by atoms with Crippen LogP contribution in [0.3, 0.4) is 0 Å². The van der Waals surface area contributed by atoms with Crippen LogP contribution in [-0.2, 0) is 11.3 Å². The monoisotopic (exact) mass is 360 g/mol. The summed E-state index contributed by atoms with van der Waals surface area (Å²) in [6.07, 6.45) is 1.62. The Morgan fingerprint density at radius 1 is 1.04 bits per heavy atom. The van der Waals surface area contributed by atoms with Gasteiger partial charge in [0.2, 0.25) is 0 Å². The highest BCUT2D eigenvalue weighted by Crippen LogP contribution is 2.25. The Bertz CT molecular complexity index is 1090. The van der Waals surface area contributed by atoms with Crippen molar-refractivity contribution in [1.82, 2.24) is 19.6 Å². The molecule has 4 rings (SSSR count). The zero-order valence-electron chi connectivity index (χ0n) is 14.6. The van der Waals surface area contributed by atoms with Crippen molar-refractivity contribution in [3.05, 3.63) is 83.9 Å². The van der Waals surface area contributed by atoms with E-state index in [0.29, 0.717) is 17.3 Å². The Hall–Kier alpha value is -3.74. The number of esters is 1. The fourth-order valence-electron chi connectivity index (χ4n) is 2.54. The van der Waals surface area contributed by atoms with Crippen LogP contribution in [-0.4, -0.2) is 25.6 Å². The van der Waals surface area contributed by atoms with Crippen LogP contribution < -0.4 is 4.74 Å². The summed E-state index contributed by atoms with van der Waals surface area (Å²) in [4.78, 5) is 20.5. The summed E-state index contributed by atoms with van der Waals surface area (Å²) in [6, 6.07) is 18.6. The molecular weight excluding hydrogens is 344 g/mol. The molecule has 0 saturated heterocycles. The van der Waals surface area contributed by atoms with Gasteiger partial charge in [-0.15, -0.1) is 5.10 Å². The van der Waals surface area contributed by atoms with Gasteiger partial charge >= 0.3 is 5.97 Å². The van der Waals surface area contributed by atoms with Crippen molar-refractivity contribution in [1.29, 1.82) is 0 Å². The number of nitrogens with zero attached hydrogens (tertiary/aromatic N) is 4. The van der Waals surface area contributed by atoms with Gasteiger partial charge in [-0.25, -0.2) is 14.3 Å². The molecule has 134 valence electrons. The summed E-state index contributed by atoms with van der Waals surface area (Å²) in [5.41, 5.74) is 1.57. The second-order valence-electron chi connectivity index (χ2n) is 5.83. The predicted molar refractivity (Wildman–Crippen MR) is 97.6 cm³/mol. The normalized spacial score (nSPS) is 10.7. The highest BCUT2D eigenvalue weighted by Gasteiger charge is 2.17. The Kier molecular flexibility index (Phi) is 4.49. The third-order valence-corrected chi connectivity index (χ3v) is 3.91. The zero-order chi connectivity index (χ0) is 18.6. The molecule has 0 aliphatic rings. The molecule has 0 aliphatic heterocycles. The third-order valence-electron chi connectivity index (χ3n) is 3.91. The van der Waals surface area contributed by atoms with E-state index in [2.05, 4.69) is 15.1 Å². The van der Waals surface area contributed by atoms with Crippen LogP contribution in [0, 0.1) is 6.92 Å². The molecule has 0 bridgehead atoms. The topological polar surface area (TPSA) is 78.6 Å². The van der Waals surface area contributed by atoms with Gasteiger partial charge in [0.05, 0.1) is 0 Å². The Morgan fingerprint density at radius 3 is 2.63 bits per heavy atom. The molecule has 0 aliphatic carbocycles. The number of fused-ring (bicyclic) bond motifs is 1. The van der Waals surface area contributed by atoms with Crippen LogP contribution in [0.25, 0.3) is 5.78 Å². The average Bonchev–Trinajstić information content (AvgIpc) is 3.14. The van der Waals surface area contributed by atoms with Gasteiger partial charge in [0.15, 0.2) is 0 Å². The van der Waals surface area contributed by atoms with Crippen LogP contribution in [0.2, 0.25) is 0 Å². The van der Waals surface area contributed by atoms with E-state index < -0.39 is 5.97 Å². The molecule has 0 atom stereocenters. The lowest BCUT2D eigenvalue weighted by atomic mass is 10.2. The smallest absolute Gasteiger partial charge is 0.378 e. The molecule has 0 spiro atoms. The van der Waals surface area contributed by atoms with Crippen molar-refractivity contribution in [2.75, 3.05) is 0 Å². The molecule has 0 saturated carbocycles. The van der Waals surface area contributed by atoms with E-state index in [1.165, 1.54) is 4.52 Å². The molecule has 0 amide bonds. The van der Waals surface area contributed by atoms with Crippen molar-refractivity contribution in [3.63, 3.8) is 0 Å². The number of ether oxygens (including phenoxy) is 2. The van der Waals surface area contributed by atoms with E-state index in [1.54, 1.807) is 12.3 Å². The van der Waals surface area contributed by atoms with E-state index in [9.17, 15) is 4.79 Å². The minimum Gasteiger partial charge on any atom is -0.457 e. The van der Waals surface area contributed by atoms with Crippen molar-refractivity contribution in [2.45, 2.75) is 13.5 Å². The van der Waals surface area contributed by atoms with Gasteiger partial charge in [-0.3, -0.25) is 0 Å². The van der Waals surface area contributed by atoms with E-state index in [4.69, 9.17) is 9.47 Å². The van der Waals surface area contributed by atoms with E-state index in [-0.39, 0.29) is 12.4 Å². The molecule has 4 aromatic rings. The number of hydrogen-bond donors (Lipinski definition) is 0. The minimum absolute atomic E-state index is 0.0294. The predicted octanol–water partition coefficient (Wildman–Crippen LogP) is 3.58. The standard InChI is InChI=1S/C20H16N4O3/c1-14-11-12-21-20-22-18(23-24(14)20)19(25)26-13-15-7-5-6-10-17(15)27-16-8-3-2-4-9-16/h2-12H,13H2,1H3. The quantitative estimate of drug-likeness (QED) is 0.506. The molecule has 7 heteroatoms. The number of carbonyl (C=O) groups is 1. The number of carbonyl (C=O) groups excluding carboxylic acids is 1. The first-order valence-electron chi connectivity index (χ1n) is 8.37. The molecule has 0 N–H and O–H groups in total. The lowest BCUT2D eigenvalue weighted by Gasteiger charge is -2.11. The maximum Gasteiger partial charge on any atom is 0.378 e. The van der Waals surface area contributed by atoms with Gasteiger partial charge in [0.25, 0.3) is 11.6 Å². The average molecular weight is 360 g/mol. The first-order chi connectivity index (χ1) is 13.2. The highest BCUT2D eigenvalue weighted by molar-refractivity contribution is 5.85. The minimum atomic E-state index is -0.616. The summed E-state index contributed by atoms with van der Waals surface area (Å²) in [6.45, 7) is 1.90. The Labute approximate surface area is 155 Å². The summed E-state index contributed by atoms with van der Waals surface area (Å²) in [5.74, 6) is 1.04. The lowest BCUT2D eigenvalue weighted by molar-refractivity contribution is 0.0456. The number of aromatic nitrogens is 4. The van der Waals surface area contributed by atoms with Crippen LogP contribution >= 0.6 is 0 Å². The summed E-state index contributed by atoms with van der Waals surface area (Å²) < 4.78 is 12.8. The summed E-state index contributed by atoms with van der Waals surface area (Å²) in [5, 5.41) is 4.15. The van der Waals surface area contributed by atoms with Crippen LogP contribution in [0.5, 0.6) is 11.5 Å². The highest BCUT2D eigenvalue weighted by atomic mass is 16.5. The molecule has 7 nitrogen and oxygen atoms in total. The van der Waals surface area contributed by atoms with Crippen molar-refractivity contribution in [3.8, 4) is 11.5 Å². The number of para-hydroxylation sites is 2. The van der Waals surface area contributed by atoms with Crippen LogP contribution in [0.15, 0.2) is 66.9 Å². The number of aryl methyl sites for hydroxylation is 1. The number of benzene rings is 2. The van der Waals surface area contributed by atoms with Gasteiger partial charge in [0, 0.05) is 17.5 Å². The van der Waals surface area contributed by atoms with Crippen molar-refractivity contribution < 1.29 is 14.3 Å². The molecule has 2 aromatic carbocycles. The fourth-order valence-corrected chi connectivity index (χ4v) is 2.54. The molecule has 2 heterocycles. The van der Waals surface area contributed by atoms with E-state index in [1.807, 2.05) is 61.5 Å². The maximum absolute atomic E-state index is 12.3. The van der Waals surface area contributed by atoms with Gasteiger partial charge in [0.1, 0.15) is 18.1 Å². The Morgan fingerprint density at radius 2 is 1.81 bits per heavy atom. The molecular formula is C20H16N4O3. The van der Waals surface area contributed by atoms with Gasteiger partial charge in [-0.05, 0) is 31.2 Å². The molecule has 2 aromatic heterocycles. The van der Waals surface area contributed by atoms with Crippen LogP contribution in [0.4, 0.5) is 0 Å². The summed E-state index contributed by atoms with van der Waals surface area (Å²) >= 11 is 0. The van der Waals surface area contributed by atoms with E-state index >= 15 is 0 Å². The lowest BCUT2D eigenvalue weighted by Crippen LogP contribution is -2.08. The third kappa shape index (κ3) is 3.62. The van der Waals surface area contributed by atoms with Crippen molar-refractivity contribution in [2.24, 2.45) is 0 Å². The van der Waals surface area contributed by atoms with Gasteiger partial charge < -0.3 is 9.47 Å². The van der Waals surface area contributed by atoms with Crippen LogP contribution in [0.1, 0.15) is 21.9 Å². The SMILES string of the molecule is Cc1ccnc2nc(C(=O)OCc3ccccc3Oc3ccccc3)nn12. The second-order valence-corrected chi connectivity index (χ2v) is 5.83. The maximum atomic E-state index is 12.3. The van der Waals surface area contributed by atoms with Crippen molar-refractivity contribution >= 4 is 11.7 Å². The largest absolute Gasteiger partial charge is 0.457 e. The molecule has 0 unspecified atom stereocenters. The first kappa shape index (κ1) is 16.7. The first-order valence-corrected chi connectivity index (χ1v) is 8.37. The molecule has 0 radical (unpaired) electrons. The number of hydrogen-bond acceptors (Lipinski definition) is 6. The Balaban J connectivity index is 1.49. The second kappa shape index (κ2) is 7.25. The zero-order valence-corrected chi connectivity index (χ0v) is 14.6.